The Hall–Kier alpha value is -2.57. The van der Waals surface area contributed by atoms with Gasteiger partial charge < -0.3 is 9.73 Å². The van der Waals surface area contributed by atoms with E-state index in [2.05, 4.69) is 47.3 Å². The molecule has 0 saturated carbocycles. The van der Waals surface area contributed by atoms with Crippen molar-refractivity contribution in [3.05, 3.63) is 34.4 Å². The van der Waals surface area contributed by atoms with Crippen LogP contribution in [0.15, 0.2) is 28.0 Å². The molecule has 1 amide bonds. The number of hydrogen-bond donors (Lipinski definition) is 2. The van der Waals surface area contributed by atoms with E-state index in [9.17, 15) is 10.1 Å². The molecule has 3 aromatic rings. The van der Waals surface area contributed by atoms with Crippen LogP contribution in [0, 0.1) is 22.7 Å². The molecule has 0 aliphatic heterocycles. The van der Waals surface area contributed by atoms with E-state index in [0.717, 1.165) is 24.8 Å². The summed E-state index contributed by atoms with van der Waals surface area (Å²) in [6.45, 7) is 6.80. The standard InChI is InChI=1S/C21H23N5O2S2/c1-21(2,3)12-6-7-13-14(10-22)19(30-16(13)9-12)23-17(27)11-29-20-24-18(25-26-20)15-5-4-8-28-15/h4-5,8,12H,6-7,9,11H2,1-3H3,(H,23,27)(H,24,25,26)/t12-/m1/s1. The van der Waals surface area contributed by atoms with E-state index in [1.165, 1.54) is 16.6 Å². The average molecular weight is 442 g/mol. The molecule has 0 radical (unpaired) electrons. The molecule has 0 spiro atoms. The number of rotatable bonds is 5. The van der Waals surface area contributed by atoms with Crippen LogP contribution in [-0.2, 0) is 17.6 Å². The highest BCUT2D eigenvalue weighted by molar-refractivity contribution is 7.99. The SMILES string of the molecule is CC(C)(C)[C@@H]1CCc2c(sc(NC(=O)CSc3n[nH]c(-c4ccco4)n3)c2C#N)C1. The number of fused-ring (bicyclic) bond motifs is 1. The maximum Gasteiger partial charge on any atom is 0.235 e. The van der Waals surface area contributed by atoms with Crippen molar-refractivity contribution in [1.29, 1.82) is 5.26 Å². The second kappa shape index (κ2) is 8.28. The molecule has 30 heavy (non-hydrogen) atoms. The second-order valence-corrected chi connectivity index (χ2v) is 10.5. The van der Waals surface area contributed by atoms with Gasteiger partial charge in [0.1, 0.15) is 11.1 Å². The van der Waals surface area contributed by atoms with Crippen LogP contribution in [-0.4, -0.2) is 26.8 Å². The number of carbonyl (C=O) groups excluding carboxylic acids is 1. The van der Waals surface area contributed by atoms with Gasteiger partial charge in [-0.3, -0.25) is 9.89 Å². The molecule has 3 aromatic heterocycles. The zero-order chi connectivity index (χ0) is 21.3. The van der Waals surface area contributed by atoms with Crippen LogP contribution >= 0.6 is 23.1 Å². The van der Waals surface area contributed by atoms with Crippen molar-refractivity contribution in [2.45, 2.75) is 45.2 Å². The fraction of sp³-hybridized carbons (Fsp3) is 0.429. The number of anilines is 1. The lowest BCUT2D eigenvalue weighted by Crippen LogP contribution is -2.26. The van der Waals surface area contributed by atoms with Gasteiger partial charge in [0, 0.05) is 4.88 Å². The Morgan fingerprint density at radius 1 is 1.50 bits per heavy atom. The minimum absolute atomic E-state index is 0.160. The van der Waals surface area contributed by atoms with Gasteiger partial charge in [-0.15, -0.1) is 16.4 Å². The maximum atomic E-state index is 12.5. The monoisotopic (exact) mass is 441 g/mol. The molecule has 0 saturated heterocycles. The van der Waals surface area contributed by atoms with Crippen molar-refractivity contribution in [2.24, 2.45) is 11.3 Å². The number of thioether (sulfide) groups is 1. The number of hydrogen-bond acceptors (Lipinski definition) is 7. The third-order valence-electron chi connectivity index (χ3n) is 5.41. The van der Waals surface area contributed by atoms with Crippen LogP contribution in [0.2, 0.25) is 0 Å². The number of thiophene rings is 1. The zero-order valence-electron chi connectivity index (χ0n) is 17.1. The van der Waals surface area contributed by atoms with E-state index >= 15 is 0 Å². The van der Waals surface area contributed by atoms with E-state index in [1.807, 2.05) is 0 Å². The molecule has 156 valence electrons. The summed E-state index contributed by atoms with van der Waals surface area (Å²) in [5.74, 6) is 1.69. The van der Waals surface area contributed by atoms with Gasteiger partial charge in [-0.05, 0) is 48.3 Å². The minimum Gasteiger partial charge on any atom is -0.461 e. The number of furan rings is 1. The number of nitriles is 1. The third-order valence-corrected chi connectivity index (χ3v) is 7.42. The van der Waals surface area contributed by atoms with Crippen LogP contribution in [0.5, 0.6) is 0 Å². The van der Waals surface area contributed by atoms with E-state index in [1.54, 1.807) is 29.7 Å². The van der Waals surface area contributed by atoms with Gasteiger partial charge in [-0.2, -0.15) is 10.2 Å². The Morgan fingerprint density at radius 3 is 3.03 bits per heavy atom. The van der Waals surface area contributed by atoms with Crippen molar-refractivity contribution in [3.8, 4) is 17.7 Å². The quantitative estimate of drug-likeness (QED) is 0.546. The average Bonchev–Trinajstić information content (AvgIpc) is 3.43. The number of aromatic nitrogens is 3. The summed E-state index contributed by atoms with van der Waals surface area (Å²) < 4.78 is 5.28. The predicted molar refractivity (Wildman–Crippen MR) is 117 cm³/mol. The largest absolute Gasteiger partial charge is 0.461 e. The summed E-state index contributed by atoms with van der Waals surface area (Å²) in [5, 5.41) is 20.6. The number of nitrogens with zero attached hydrogens (tertiary/aromatic N) is 3. The fourth-order valence-corrected chi connectivity index (χ4v) is 5.55. The molecule has 0 fully saturated rings. The Morgan fingerprint density at radius 2 is 2.33 bits per heavy atom. The molecule has 1 aliphatic rings. The molecule has 9 heteroatoms. The Labute approximate surface area is 183 Å². The zero-order valence-corrected chi connectivity index (χ0v) is 18.7. The first-order valence-electron chi connectivity index (χ1n) is 9.78. The molecule has 3 heterocycles. The molecule has 2 N–H and O–H groups in total. The van der Waals surface area contributed by atoms with Gasteiger partial charge in [-0.1, -0.05) is 32.5 Å². The Bertz CT molecular complexity index is 1090. The summed E-state index contributed by atoms with van der Waals surface area (Å²) >= 11 is 2.78. The highest BCUT2D eigenvalue weighted by Gasteiger charge is 2.32. The van der Waals surface area contributed by atoms with Crippen LogP contribution in [0.1, 0.15) is 43.2 Å². The first-order chi connectivity index (χ1) is 14.3. The molecule has 7 nitrogen and oxygen atoms in total. The van der Waals surface area contributed by atoms with Gasteiger partial charge >= 0.3 is 0 Å². The van der Waals surface area contributed by atoms with Crippen LogP contribution in [0.3, 0.4) is 0 Å². The van der Waals surface area contributed by atoms with Gasteiger partial charge in [0.2, 0.25) is 11.1 Å². The summed E-state index contributed by atoms with van der Waals surface area (Å²) in [6.07, 6.45) is 4.51. The predicted octanol–water partition coefficient (Wildman–Crippen LogP) is 4.88. The topological polar surface area (TPSA) is 108 Å². The molecular weight excluding hydrogens is 418 g/mol. The smallest absolute Gasteiger partial charge is 0.235 e. The van der Waals surface area contributed by atoms with E-state index in [-0.39, 0.29) is 17.1 Å². The maximum absolute atomic E-state index is 12.5. The van der Waals surface area contributed by atoms with Gasteiger partial charge in [-0.25, -0.2) is 0 Å². The van der Waals surface area contributed by atoms with Gasteiger partial charge in [0.15, 0.2) is 11.6 Å². The second-order valence-electron chi connectivity index (χ2n) is 8.41. The Balaban J connectivity index is 1.40. The van der Waals surface area contributed by atoms with Crippen molar-refractivity contribution >= 4 is 34.0 Å². The molecule has 0 aromatic carbocycles. The normalized spacial score (nSPS) is 16.1. The first kappa shape index (κ1) is 20.7. The summed E-state index contributed by atoms with van der Waals surface area (Å²) in [4.78, 5) is 18.1. The molecular formula is C21H23N5O2S2. The van der Waals surface area contributed by atoms with E-state index in [0.29, 0.717) is 33.2 Å². The van der Waals surface area contributed by atoms with Crippen molar-refractivity contribution in [1.82, 2.24) is 15.2 Å². The van der Waals surface area contributed by atoms with Crippen LogP contribution < -0.4 is 5.32 Å². The molecule has 0 unspecified atom stereocenters. The minimum atomic E-state index is -0.174. The highest BCUT2D eigenvalue weighted by Crippen LogP contribution is 2.44. The molecule has 1 aliphatic carbocycles. The van der Waals surface area contributed by atoms with Crippen LogP contribution in [0.25, 0.3) is 11.6 Å². The number of aromatic amines is 1. The van der Waals surface area contributed by atoms with Crippen LogP contribution in [0.4, 0.5) is 5.00 Å². The lowest BCUT2D eigenvalue weighted by molar-refractivity contribution is -0.113. The molecule has 4 rings (SSSR count). The van der Waals surface area contributed by atoms with Gasteiger partial charge in [0.05, 0.1) is 17.6 Å². The van der Waals surface area contributed by atoms with Crippen molar-refractivity contribution < 1.29 is 9.21 Å². The lowest BCUT2D eigenvalue weighted by atomic mass is 9.72. The third kappa shape index (κ3) is 4.30. The summed E-state index contributed by atoms with van der Waals surface area (Å²) in [5.41, 5.74) is 1.97. The molecule has 0 bridgehead atoms. The van der Waals surface area contributed by atoms with E-state index in [4.69, 9.17) is 4.42 Å². The number of amides is 1. The van der Waals surface area contributed by atoms with Crippen molar-refractivity contribution in [2.75, 3.05) is 11.1 Å². The Kier molecular flexibility index (Phi) is 5.71. The van der Waals surface area contributed by atoms with Gasteiger partial charge in [0.25, 0.3) is 0 Å². The lowest BCUT2D eigenvalue weighted by Gasteiger charge is -2.33. The van der Waals surface area contributed by atoms with Crippen molar-refractivity contribution in [3.63, 3.8) is 0 Å². The number of carbonyl (C=O) groups is 1. The summed E-state index contributed by atoms with van der Waals surface area (Å²) in [6, 6.07) is 5.86. The first-order valence-corrected chi connectivity index (χ1v) is 11.6. The molecule has 1 atom stereocenters. The summed E-state index contributed by atoms with van der Waals surface area (Å²) in [7, 11) is 0. The number of H-pyrrole nitrogens is 1. The van der Waals surface area contributed by atoms with E-state index < -0.39 is 0 Å². The number of nitrogens with one attached hydrogen (secondary N) is 2. The fourth-order valence-electron chi connectivity index (χ4n) is 3.66. The highest BCUT2D eigenvalue weighted by atomic mass is 32.2.